The van der Waals surface area contributed by atoms with E-state index < -0.39 is 5.82 Å². The van der Waals surface area contributed by atoms with Gasteiger partial charge >= 0.3 is 0 Å². The highest BCUT2D eigenvalue weighted by molar-refractivity contribution is 14.0. The predicted molar refractivity (Wildman–Crippen MR) is 136 cm³/mol. The van der Waals surface area contributed by atoms with Gasteiger partial charge in [0.1, 0.15) is 5.82 Å². The molecular formula is C23H31FIN5O2. The van der Waals surface area contributed by atoms with E-state index in [1.54, 1.807) is 51.2 Å². The van der Waals surface area contributed by atoms with Gasteiger partial charge in [-0.25, -0.2) is 4.39 Å². The molecule has 2 amide bonds. The van der Waals surface area contributed by atoms with Crippen molar-refractivity contribution in [1.29, 1.82) is 0 Å². The van der Waals surface area contributed by atoms with Gasteiger partial charge in [0.15, 0.2) is 5.96 Å². The Morgan fingerprint density at radius 2 is 1.66 bits per heavy atom. The van der Waals surface area contributed by atoms with Crippen molar-refractivity contribution < 1.29 is 14.0 Å². The number of nitrogens with one attached hydrogen (secondary N) is 3. The van der Waals surface area contributed by atoms with E-state index in [-0.39, 0.29) is 35.8 Å². The Bertz CT molecular complexity index is 950. The second-order valence-corrected chi connectivity index (χ2v) is 7.30. The number of halogens is 2. The van der Waals surface area contributed by atoms with Gasteiger partial charge in [-0.3, -0.25) is 14.6 Å². The Hall–Kier alpha value is -2.69. The van der Waals surface area contributed by atoms with Gasteiger partial charge < -0.3 is 20.9 Å². The highest BCUT2D eigenvalue weighted by Gasteiger charge is 2.09. The monoisotopic (exact) mass is 555 g/mol. The summed E-state index contributed by atoms with van der Waals surface area (Å²) in [5.41, 5.74) is 2.51. The van der Waals surface area contributed by atoms with E-state index in [4.69, 9.17) is 0 Å². The normalized spacial score (nSPS) is 10.7. The largest absolute Gasteiger partial charge is 0.356 e. The first kappa shape index (κ1) is 27.3. The molecule has 0 bridgehead atoms. The molecule has 2 rings (SSSR count). The lowest BCUT2D eigenvalue weighted by Crippen LogP contribution is -2.42. The van der Waals surface area contributed by atoms with Gasteiger partial charge in [-0.2, -0.15) is 0 Å². The molecule has 3 N–H and O–H groups in total. The van der Waals surface area contributed by atoms with Gasteiger partial charge in [0.25, 0.3) is 11.8 Å². The predicted octanol–water partition coefficient (Wildman–Crippen LogP) is 2.59. The Morgan fingerprint density at radius 3 is 2.31 bits per heavy atom. The van der Waals surface area contributed by atoms with E-state index in [1.807, 2.05) is 18.2 Å². The summed E-state index contributed by atoms with van der Waals surface area (Å²) in [6.45, 7) is 3.12. The molecule has 0 unspecified atom stereocenters. The van der Waals surface area contributed by atoms with Gasteiger partial charge in [0, 0.05) is 51.9 Å². The lowest BCUT2D eigenvalue weighted by Gasteiger charge is -2.13. The van der Waals surface area contributed by atoms with Crippen LogP contribution in [0.5, 0.6) is 0 Å². The van der Waals surface area contributed by atoms with E-state index in [9.17, 15) is 14.0 Å². The molecule has 0 aromatic heterocycles. The molecule has 0 saturated heterocycles. The molecule has 9 heteroatoms. The molecule has 0 atom stereocenters. The number of rotatable bonds is 8. The molecule has 0 aliphatic carbocycles. The van der Waals surface area contributed by atoms with Gasteiger partial charge in [-0.05, 0) is 48.7 Å². The summed E-state index contributed by atoms with van der Waals surface area (Å²) >= 11 is 0. The fourth-order valence-corrected chi connectivity index (χ4v) is 2.86. The summed E-state index contributed by atoms with van der Waals surface area (Å²) in [5, 5.41) is 9.07. The van der Waals surface area contributed by atoms with Crippen LogP contribution >= 0.6 is 24.0 Å². The average Bonchev–Trinajstić information content (AvgIpc) is 2.76. The SMILES string of the molecule is CN=C(NCCNC(=O)c1ccc(C)c(F)c1)NCCc1cccc(C(=O)N(C)C)c1.I. The van der Waals surface area contributed by atoms with Gasteiger partial charge in [0.05, 0.1) is 0 Å². The Balaban J connectivity index is 0.00000512. The first-order chi connectivity index (χ1) is 14.8. The van der Waals surface area contributed by atoms with Crippen LogP contribution in [0.4, 0.5) is 4.39 Å². The lowest BCUT2D eigenvalue weighted by atomic mass is 10.1. The van der Waals surface area contributed by atoms with Gasteiger partial charge in [-0.15, -0.1) is 24.0 Å². The van der Waals surface area contributed by atoms with Crippen molar-refractivity contribution in [2.45, 2.75) is 13.3 Å². The topological polar surface area (TPSA) is 85.8 Å². The number of guanidine groups is 1. The number of hydrogen-bond donors (Lipinski definition) is 3. The van der Waals surface area contributed by atoms with Crippen LogP contribution in [0.2, 0.25) is 0 Å². The number of nitrogens with zero attached hydrogens (tertiary/aromatic N) is 2. The Kier molecular flexibility index (Phi) is 11.7. The molecule has 0 aliphatic heterocycles. The maximum Gasteiger partial charge on any atom is 0.253 e. The summed E-state index contributed by atoms with van der Waals surface area (Å²) in [4.78, 5) is 29.9. The number of amides is 2. The van der Waals surface area contributed by atoms with E-state index in [2.05, 4.69) is 20.9 Å². The fraction of sp³-hybridized carbons (Fsp3) is 0.348. The summed E-state index contributed by atoms with van der Waals surface area (Å²) in [5.74, 6) is -0.137. The molecule has 0 heterocycles. The molecule has 0 radical (unpaired) electrons. The molecule has 174 valence electrons. The molecule has 2 aromatic rings. The number of aliphatic imine (C=N–C) groups is 1. The maximum atomic E-state index is 13.6. The molecule has 2 aromatic carbocycles. The zero-order chi connectivity index (χ0) is 22.8. The molecule has 0 saturated carbocycles. The third-order valence-corrected chi connectivity index (χ3v) is 4.65. The van der Waals surface area contributed by atoms with Crippen molar-refractivity contribution in [3.05, 3.63) is 70.5 Å². The minimum absolute atomic E-state index is 0. The number of hydrogen-bond acceptors (Lipinski definition) is 3. The van der Waals surface area contributed by atoms with E-state index in [0.29, 0.717) is 42.3 Å². The minimum Gasteiger partial charge on any atom is -0.356 e. The first-order valence-corrected chi connectivity index (χ1v) is 10.1. The van der Waals surface area contributed by atoms with Crippen molar-refractivity contribution >= 4 is 41.8 Å². The van der Waals surface area contributed by atoms with Crippen LogP contribution in [0.15, 0.2) is 47.5 Å². The Morgan fingerprint density at radius 1 is 0.969 bits per heavy atom. The van der Waals surface area contributed by atoms with Crippen LogP contribution in [0, 0.1) is 12.7 Å². The Labute approximate surface area is 205 Å². The van der Waals surface area contributed by atoms with Crippen LogP contribution < -0.4 is 16.0 Å². The van der Waals surface area contributed by atoms with Crippen molar-refractivity contribution in [1.82, 2.24) is 20.9 Å². The van der Waals surface area contributed by atoms with Crippen molar-refractivity contribution in [2.75, 3.05) is 40.8 Å². The van der Waals surface area contributed by atoms with Crippen LogP contribution in [0.3, 0.4) is 0 Å². The molecule has 0 fully saturated rings. The summed E-state index contributed by atoms with van der Waals surface area (Å²) in [6, 6.07) is 12.0. The highest BCUT2D eigenvalue weighted by atomic mass is 127. The molecule has 0 aliphatic rings. The van der Waals surface area contributed by atoms with Gasteiger partial charge in [0.2, 0.25) is 0 Å². The van der Waals surface area contributed by atoms with Crippen LogP contribution in [-0.4, -0.2) is 63.5 Å². The molecule has 0 spiro atoms. The van der Waals surface area contributed by atoms with E-state index >= 15 is 0 Å². The zero-order valence-corrected chi connectivity index (χ0v) is 21.2. The standard InChI is InChI=1S/C23H30FN5O2.HI/c1-16-8-9-18(15-20(16)24)21(30)26-12-13-28-23(25-2)27-11-10-17-6-5-7-19(14-17)22(31)29(3)4;/h5-9,14-15H,10-13H2,1-4H3,(H,26,30)(H2,25,27,28);1H. The van der Waals surface area contributed by atoms with Crippen LogP contribution in [0.1, 0.15) is 31.8 Å². The summed E-state index contributed by atoms with van der Waals surface area (Å²) < 4.78 is 13.6. The van der Waals surface area contributed by atoms with Crippen molar-refractivity contribution in [2.24, 2.45) is 4.99 Å². The van der Waals surface area contributed by atoms with Crippen LogP contribution in [0.25, 0.3) is 0 Å². The van der Waals surface area contributed by atoms with Gasteiger partial charge in [-0.1, -0.05) is 18.2 Å². The lowest BCUT2D eigenvalue weighted by molar-refractivity contribution is 0.0827. The molecule has 32 heavy (non-hydrogen) atoms. The maximum absolute atomic E-state index is 13.6. The number of carbonyl (C=O) groups is 2. The summed E-state index contributed by atoms with van der Waals surface area (Å²) in [7, 11) is 5.13. The second-order valence-electron chi connectivity index (χ2n) is 7.30. The third kappa shape index (κ3) is 8.45. The molecular weight excluding hydrogens is 524 g/mol. The van der Waals surface area contributed by atoms with Crippen molar-refractivity contribution in [3.63, 3.8) is 0 Å². The van der Waals surface area contributed by atoms with Crippen molar-refractivity contribution in [3.8, 4) is 0 Å². The number of carbonyl (C=O) groups excluding carboxylic acids is 2. The third-order valence-electron chi connectivity index (χ3n) is 4.65. The smallest absolute Gasteiger partial charge is 0.253 e. The number of benzene rings is 2. The molecule has 7 nitrogen and oxygen atoms in total. The summed E-state index contributed by atoms with van der Waals surface area (Å²) in [6.07, 6.45) is 0.727. The highest BCUT2D eigenvalue weighted by Crippen LogP contribution is 2.09. The second kappa shape index (κ2) is 13.7. The quantitative estimate of drug-likeness (QED) is 0.203. The fourth-order valence-electron chi connectivity index (χ4n) is 2.86. The van der Waals surface area contributed by atoms with E-state index in [1.165, 1.54) is 6.07 Å². The number of aryl methyl sites for hydroxylation is 1. The minimum atomic E-state index is -0.396. The zero-order valence-electron chi connectivity index (χ0n) is 18.9. The average molecular weight is 555 g/mol. The van der Waals surface area contributed by atoms with E-state index in [0.717, 1.165) is 12.0 Å². The first-order valence-electron chi connectivity index (χ1n) is 10.1. The van der Waals surface area contributed by atoms with Crippen LogP contribution in [-0.2, 0) is 6.42 Å².